The maximum Gasteiger partial charge on any atom is 0.254 e. The summed E-state index contributed by atoms with van der Waals surface area (Å²) in [5.74, 6) is 0.159. The first kappa shape index (κ1) is 20.5. The minimum Gasteiger partial charge on any atom is -0.378 e. The Kier molecular flexibility index (Phi) is 4.78. The molecule has 1 saturated carbocycles. The van der Waals surface area contributed by atoms with E-state index in [2.05, 4.69) is 6.07 Å². The molecule has 0 radical (unpaired) electrons. The molecule has 0 unspecified atom stereocenters. The van der Waals surface area contributed by atoms with Crippen LogP contribution in [-0.4, -0.2) is 43.0 Å². The Morgan fingerprint density at radius 1 is 0.970 bits per heavy atom. The van der Waals surface area contributed by atoms with E-state index in [-0.39, 0.29) is 17.7 Å². The fourth-order valence-corrected chi connectivity index (χ4v) is 5.47. The predicted octanol–water partition coefficient (Wildman–Crippen LogP) is 4.92. The number of hydrogen-bond donors (Lipinski definition) is 0. The van der Waals surface area contributed by atoms with Gasteiger partial charge in [0.05, 0.1) is 24.3 Å². The lowest BCUT2D eigenvalue weighted by molar-refractivity contribution is -0.119. The largest absolute Gasteiger partial charge is 0.378 e. The number of carbonyl (C=O) groups is 2. The van der Waals surface area contributed by atoms with Crippen molar-refractivity contribution in [1.82, 2.24) is 4.90 Å². The van der Waals surface area contributed by atoms with Gasteiger partial charge in [0.1, 0.15) is 0 Å². The quantitative estimate of drug-likeness (QED) is 0.560. The van der Waals surface area contributed by atoms with Gasteiger partial charge in [0.15, 0.2) is 0 Å². The SMILES string of the molecule is O=C(c1cccc(N2C(=O)[C@]3(C[C@H]3c3ccc(Cl)cc3)c3ccccc32)c1)N1CCOCC1. The molecule has 0 aromatic heterocycles. The number of amides is 2. The fraction of sp³-hybridized carbons (Fsp3) is 0.259. The number of carbonyl (C=O) groups excluding carboxylic acids is 2. The van der Waals surface area contributed by atoms with Crippen molar-refractivity contribution in [1.29, 1.82) is 0 Å². The van der Waals surface area contributed by atoms with Crippen molar-refractivity contribution in [3.8, 4) is 0 Å². The van der Waals surface area contributed by atoms with Gasteiger partial charge in [0, 0.05) is 35.3 Å². The summed E-state index contributed by atoms with van der Waals surface area (Å²) >= 11 is 6.08. The number of morpholine rings is 1. The third-order valence-corrected chi connectivity index (χ3v) is 7.35. The molecule has 166 valence electrons. The molecule has 2 aliphatic heterocycles. The molecule has 1 saturated heterocycles. The standard InChI is InChI=1S/C27H23ClN2O3/c28-20-10-8-18(9-11-20)23-17-27(23)22-6-1-2-7-24(22)30(26(27)32)21-5-3-4-19(16-21)25(31)29-12-14-33-15-13-29/h1-11,16,23H,12-15,17H2/t23-,27+/m0/s1. The Hall–Kier alpha value is -3.15. The second-order valence-corrected chi connectivity index (χ2v) is 9.33. The summed E-state index contributed by atoms with van der Waals surface area (Å²) in [4.78, 5) is 30.6. The van der Waals surface area contributed by atoms with Gasteiger partial charge in [-0.3, -0.25) is 14.5 Å². The molecule has 2 fully saturated rings. The van der Waals surface area contributed by atoms with Gasteiger partial charge in [-0.05, 0) is 53.9 Å². The highest BCUT2D eigenvalue weighted by Crippen LogP contribution is 2.67. The molecular weight excluding hydrogens is 436 g/mol. The van der Waals surface area contributed by atoms with E-state index in [0.717, 1.165) is 28.9 Å². The normalized spacial score (nSPS) is 23.7. The zero-order valence-electron chi connectivity index (χ0n) is 18.0. The van der Waals surface area contributed by atoms with Crippen molar-refractivity contribution in [2.75, 3.05) is 31.2 Å². The van der Waals surface area contributed by atoms with Crippen molar-refractivity contribution >= 4 is 34.8 Å². The van der Waals surface area contributed by atoms with Gasteiger partial charge in [0.25, 0.3) is 5.91 Å². The van der Waals surface area contributed by atoms with Gasteiger partial charge >= 0.3 is 0 Å². The van der Waals surface area contributed by atoms with Crippen molar-refractivity contribution in [2.24, 2.45) is 0 Å². The van der Waals surface area contributed by atoms with Gasteiger partial charge < -0.3 is 9.64 Å². The first-order valence-corrected chi connectivity index (χ1v) is 11.6. The third-order valence-electron chi connectivity index (χ3n) is 7.09. The van der Waals surface area contributed by atoms with Crippen molar-refractivity contribution in [3.63, 3.8) is 0 Å². The number of rotatable bonds is 3. The van der Waals surface area contributed by atoms with Crippen LogP contribution in [0.15, 0.2) is 72.8 Å². The van der Waals surface area contributed by atoms with Crippen LogP contribution in [-0.2, 0) is 14.9 Å². The van der Waals surface area contributed by atoms with Crippen molar-refractivity contribution in [3.05, 3.63) is 94.5 Å². The van der Waals surface area contributed by atoms with Crippen LogP contribution < -0.4 is 4.90 Å². The fourth-order valence-electron chi connectivity index (χ4n) is 5.35. The Morgan fingerprint density at radius 2 is 1.73 bits per heavy atom. The molecule has 3 aliphatic rings. The topological polar surface area (TPSA) is 49.9 Å². The van der Waals surface area contributed by atoms with Gasteiger partial charge in [-0.25, -0.2) is 0 Å². The van der Waals surface area contributed by atoms with Crippen LogP contribution in [0.2, 0.25) is 5.02 Å². The second kappa shape index (κ2) is 7.72. The van der Waals surface area contributed by atoms with E-state index in [1.165, 1.54) is 0 Å². The summed E-state index contributed by atoms with van der Waals surface area (Å²) in [5, 5.41) is 0.690. The number of nitrogens with zero attached hydrogens (tertiary/aromatic N) is 2. The first-order chi connectivity index (χ1) is 16.1. The Morgan fingerprint density at radius 3 is 2.52 bits per heavy atom. The average molecular weight is 459 g/mol. The minimum atomic E-state index is -0.561. The van der Waals surface area contributed by atoms with Crippen molar-refractivity contribution < 1.29 is 14.3 Å². The molecule has 6 heteroatoms. The van der Waals surface area contributed by atoms with Crippen LogP contribution in [0.1, 0.15) is 33.8 Å². The molecule has 2 atom stereocenters. The monoisotopic (exact) mass is 458 g/mol. The van der Waals surface area contributed by atoms with E-state index in [9.17, 15) is 9.59 Å². The molecule has 2 heterocycles. The van der Waals surface area contributed by atoms with Crippen LogP contribution in [0.3, 0.4) is 0 Å². The van der Waals surface area contributed by atoms with E-state index in [0.29, 0.717) is 36.9 Å². The number of fused-ring (bicyclic) bond motifs is 2. The summed E-state index contributed by atoms with van der Waals surface area (Å²) in [6.45, 7) is 2.27. The lowest BCUT2D eigenvalue weighted by Crippen LogP contribution is -2.40. The number of ether oxygens (including phenoxy) is 1. The molecule has 2 amide bonds. The Balaban J connectivity index is 1.37. The highest BCUT2D eigenvalue weighted by Gasteiger charge is 2.67. The van der Waals surface area contributed by atoms with Crippen LogP contribution in [0.25, 0.3) is 0 Å². The van der Waals surface area contributed by atoms with Gasteiger partial charge in [-0.2, -0.15) is 0 Å². The third kappa shape index (κ3) is 3.18. The summed E-state index contributed by atoms with van der Waals surface area (Å²) in [5.41, 5.74) is 3.83. The van der Waals surface area contributed by atoms with Gasteiger partial charge in [0.2, 0.25) is 5.91 Å². The summed E-state index contributed by atoms with van der Waals surface area (Å²) < 4.78 is 5.37. The van der Waals surface area contributed by atoms with E-state index < -0.39 is 5.41 Å². The minimum absolute atomic E-state index is 0.0275. The molecule has 0 N–H and O–H groups in total. The van der Waals surface area contributed by atoms with Crippen LogP contribution in [0.5, 0.6) is 0 Å². The molecule has 6 rings (SSSR count). The highest BCUT2D eigenvalue weighted by atomic mass is 35.5. The highest BCUT2D eigenvalue weighted by molar-refractivity contribution is 6.30. The maximum absolute atomic E-state index is 14.0. The number of anilines is 2. The number of benzene rings is 3. The average Bonchev–Trinajstić information content (AvgIpc) is 3.56. The molecule has 1 spiro atoms. The lowest BCUT2D eigenvalue weighted by Gasteiger charge is -2.27. The smallest absolute Gasteiger partial charge is 0.254 e. The number of para-hydroxylation sites is 1. The summed E-state index contributed by atoms with van der Waals surface area (Å²) in [6.07, 6.45) is 0.771. The van der Waals surface area contributed by atoms with Gasteiger partial charge in [-0.15, -0.1) is 0 Å². The molecule has 3 aromatic rings. The van der Waals surface area contributed by atoms with E-state index in [4.69, 9.17) is 16.3 Å². The van der Waals surface area contributed by atoms with Crippen LogP contribution in [0.4, 0.5) is 11.4 Å². The van der Waals surface area contributed by atoms with Crippen molar-refractivity contribution in [2.45, 2.75) is 17.8 Å². The summed E-state index contributed by atoms with van der Waals surface area (Å²) in [6, 6.07) is 23.2. The molecular formula is C27H23ClN2O3. The van der Waals surface area contributed by atoms with E-state index in [1.54, 1.807) is 9.80 Å². The molecule has 0 bridgehead atoms. The maximum atomic E-state index is 14.0. The summed E-state index contributed by atoms with van der Waals surface area (Å²) in [7, 11) is 0. The zero-order valence-corrected chi connectivity index (χ0v) is 18.8. The van der Waals surface area contributed by atoms with E-state index >= 15 is 0 Å². The van der Waals surface area contributed by atoms with Gasteiger partial charge in [-0.1, -0.05) is 48.0 Å². The van der Waals surface area contributed by atoms with Crippen LogP contribution in [0, 0.1) is 0 Å². The molecule has 3 aromatic carbocycles. The lowest BCUT2D eigenvalue weighted by atomic mass is 9.92. The Bertz CT molecular complexity index is 1250. The molecule has 5 nitrogen and oxygen atoms in total. The zero-order chi connectivity index (χ0) is 22.6. The molecule has 1 aliphatic carbocycles. The second-order valence-electron chi connectivity index (χ2n) is 8.89. The Labute approximate surface area is 197 Å². The number of halogens is 1. The number of hydrogen-bond acceptors (Lipinski definition) is 3. The first-order valence-electron chi connectivity index (χ1n) is 11.3. The van der Waals surface area contributed by atoms with Crippen LogP contribution >= 0.6 is 11.6 Å². The molecule has 33 heavy (non-hydrogen) atoms. The van der Waals surface area contributed by atoms with E-state index in [1.807, 2.05) is 66.7 Å². The predicted molar refractivity (Wildman–Crippen MR) is 127 cm³/mol.